The highest BCUT2D eigenvalue weighted by atomic mass is 32.2. The van der Waals surface area contributed by atoms with Crippen molar-refractivity contribution in [1.29, 1.82) is 5.26 Å². The smallest absolute Gasteiger partial charge is 0.250 e. The third-order valence-electron chi connectivity index (χ3n) is 5.53. The molecule has 34 heavy (non-hydrogen) atoms. The van der Waals surface area contributed by atoms with E-state index in [4.69, 9.17) is 9.47 Å². The van der Waals surface area contributed by atoms with Crippen molar-refractivity contribution in [2.45, 2.75) is 6.92 Å². The normalized spacial score (nSPS) is 14.9. The van der Waals surface area contributed by atoms with E-state index in [0.29, 0.717) is 11.5 Å². The highest BCUT2D eigenvalue weighted by Crippen LogP contribution is 2.33. The molecule has 1 N–H and O–H groups in total. The number of nitrogens with one attached hydrogen (secondary N) is 1. The topological polar surface area (TPSA) is 91.7 Å². The number of anilines is 1. The summed E-state index contributed by atoms with van der Waals surface area (Å²) >= 11 is 1.45. The van der Waals surface area contributed by atoms with Gasteiger partial charge in [-0.15, -0.1) is 11.3 Å². The van der Waals surface area contributed by atoms with Gasteiger partial charge in [-0.25, -0.2) is 13.1 Å². The summed E-state index contributed by atoms with van der Waals surface area (Å²) in [6.45, 7) is 6.03. The number of nitriles is 1. The molecule has 2 heterocycles. The van der Waals surface area contributed by atoms with Crippen molar-refractivity contribution in [1.82, 2.24) is 4.72 Å². The summed E-state index contributed by atoms with van der Waals surface area (Å²) in [6, 6.07) is 18.4. The molecule has 1 aliphatic rings. The molecule has 7 nitrogen and oxygen atoms in total. The highest BCUT2D eigenvalue weighted by Gasteiger charge is 2.17. The predicted molar refractivity (Wildman–Crippen MR) is 137 cm³/mol. The minimum atomic E-state index is -3.88. The largest absolute Gasteiger partial charge is 0.380 e. The van der Waals surface area contributed by atoms with Crippen molar-refractivity contribution in [2.24, 2.45) is 0 Å². The van der Waals surface area contributed by atoms with Crippen LogP contribution in [0.15, 0.2) is 53.4 Å². The van der Waals surface area contributed by atoms with Crippen molar-refractivity contribution in [2.75, 3.05) is 51.0 Å². The number of fused-ring (bicyclic) bond motifs is 1. The first kappa shape index (κ1) is 24.4. The van der Waals surface area contributed by atoms with Gasteiger partial charge in [0.1, 0.15) is 6.07 Å². The highest BCUT2D eigenvalue weighted by molar-refractivity contribution is 7.93. The fourth-order valence-electron chi connectivity index (χ4n) is 3.76. The molecule has 1 saturated heterocycles. The molecule has 178 valence electrons. The molecule has 9 heteroatoms. The van der Waals surface area contributed by atoms with Crippen LogP contribution in [-0.2, 0) is 19.5 Å². The quantitative estimate of drug-likeness (QED) is 0.351. The average molecular weight is 498 g/mol. The van der Waals surface area contributed by atoms with Crippen molar-refractivity contribution in [3.63, 3.8) is 0 Å². The summed E-state index contributed by atoms with van der Waals surface area (Å²) in [6.07, 6.45) is 1.41. The first-order valence-corrected chi connectivity index (χ1v) is 13.5. The molecule has 1 fully saturated rings. The molecule has 0 atom stereocenters. The van der Waals surface area contributed by atoms with Gasteiger partial charge in [0.15, 0.2) is 4.91 Å². The van der Waals surface area contributed by atoms with Crippen LogP contribution in [0, 0.1) is 11.3 Å². The van der Waals surface area contributed by atoms with Gasteiger partial charge < -0.3 is 14.4 Å². The molecule has 3 aromatic rings. The molecule has 1 aliphatic heterocycles. The third kappa shape index (κ3) is 5.84. The Kier molecular flexibility index (Phi) is 7.98. The fourth-order valence-corrected chi connectivity index (χ4v) is 5.69. The van der Waals surface area contributed by atoms with E-state index in [9.17, 15) is 13.7 Å². The summed E-state index contributed by atoms with van der Waals surface area (Å²) in [5, 5.41) is 11.7. The number of thiophene rings is 1. The number of benzene rings is 2. The van der Waals surface area contributed by atoms with Gasteiger partial charge >= 0.3 is 0 Å². The van der Waals surface area contributed by atoms with Crippen molar-refractivity contribution < 1.29 is 17.9 Å². The number of rotatable bonds is 9. The second-order valence-electron chi connectivity index (χ2n) is 7.76. The van der Waals surface area contributed by atoms with Gasteiger partial charge in [-0.05, 0) is 59.7 Å². The van der Waals surface area contributed by atoms with Crippen molar-refractivity contribution in [3.05, 3.63) is 58.3 Å². The molecule has 4 rings (SSSR count). The van der Waals surface area contributed by atoms with Crippen LogP contribution in [0.4, 0.5) is 5.69 Å². The van der Waals surface area contributed by atoms with Gasteiger partial charge in [0.2, 0.25) is 0 Å². The zero-order valence-electron chi connectivity index (χ0n) is 19.0. The zero-order valence-corrected chi connectivity index (χ0v) is 20.6. The average Bonchev–Trinajstić information content (AvgIpc) is 3.34. The van der Waals surface area contributed by atoms with Crippen LogP contribution in [0.25, 0.3) is 27.3 Å². The number of hydrogen-bond acceptors (Lipinski definition) is 7. The van der Waals surface area contributed by atoms with Gasteiger partial charge in [0.25, 0.3) is 10.0 Å². The van der Waals surface area contributed by atoms with Crippen LogP contribution in [-0.4, -0.2) is 54.5 Å². The van der Waals surface area contributed by atoms with Crippen LogP contribution in [0.1, 0.15) is 11.8 Å². The first-order valence-electron chi connectivity index (χ1n) is 11.2. The second kappa shape index (κ2) is 11.1. The summed E-state index contributed by atoms with van der Waals surface area (Å²) in [5.41, 5.74) is 2.25. The number of allylic oxidation sites excluding steroid dienone is 1. The lowest BCUT2D eigenvalue weighted by atomic mass is 10.0. The van der Waals surface area contributed by atoms with Gasteiger partial charge in [0.05, 0.1) is 19.8 Å². The molecule has 0 bridgehead atoms. The summed E-state index contributed by atoms with van der Waals surface area (Å²) < 4.78 is 37.9. The van der Waals surface area contributed by atoms with Crippen LogP contribution >= 0.6 is 11.3 Å². The second-order valence-corrected chi connectivity index (χ2v) is 10.6. The molecule has 1 aromatic heterocycles. The van der Waals surface area contributed by atoms with Gasteiger partial charge in [0, 0.05) is 41.7 Å². The Morgan fingerprint density at radius 3 is 2.71 bits per heavy atom. The molecule has 0 spiro atoms. The minimum Gasteiger partial charge on any atom is -0.380 e. The molecular weight excluding hydrogens is 470 g/mol. The molecular formula is C25H27N3O4S2. The SMILES string of the molecule is CCOCCNS(=O)(=O)/C(C#N)=C/c1ccc(-c2ccc3cc(N4CCOCC4)ccc3c2)s1. The monoisotopic (exact) mass is 497 g/mol. The zero-order chi connectivity index (χ0) is 24.0. The van der Waals surface area contributed by atoms with E-state index in [1.165, 1.54) is 28.5 Å². The van der Waals surface area contributed by atoms with Crippen LogP contribution in [0.3, 0.4) is 0 Å². The molecule has 0 saturated carbocycles. The van der Waals surface area contributed by atoms with Gasteiger partial charge in [-0.3, -0.25) is 0 Å². The third-order valence-corrected chi connectivity index (χ3v) is 7.98. The summed E-state index contributed by atoms with van der Waals surface area (Å²) in [7, 11) is -3.88. The van der Waals surface area contributed by atoms with E-state index in [2.05, 4.69) is 46.0 Å². The van der Waals surface area contributed by atoms with E-state index < -0.39 is 10.0 Å². The van der Waals surface area contributed by atoms with E-state index in [1.54, 1.807) is 6.07 Å². The van der Waals surface area contributed by atoms with E-state index >= 15 is 0 Å². The Balaban J connectivity index is 1.52. The molecule has 0 aliphatic carbocycles. The van der Waals surface area contributed by atoms with Gasteiger partial charge in [-0.2, -0.15) is 5.26 Å². The number of nitrogens with zero attached hydrogens (tertiary/aromatic N) is 2. The van der Waals surface area contributed by atoms with E-state index in [-0.39, 0.29) is 18.1 Å². The number of sulfonamides is 1. The molecule has 0 unspecified atom stereocenters. The number of morpholine rings is 1. The predicted octanol–water partition coefficient (Wildman–Crippen LogP) is 4.23. The van der Waals surface area contributed by atoms with E-state index in [0.717, 1.165) is 42.1 Å². The maximum Gasteiger partial charge on any atom is 0.250 e. The van der Waals surface area contributed by atoms with Crippen molar-refractivity contribution >= 4 is 43.9 Å². The Labute approximate surface area is 204 Å². The van der Waals surface area contributed by atoms with Crippen LogP contribution in [0.2, 0.25) is 0 Å². The standard InChI is InChI=1S/C25H27N3O4S2/c1-2-31-12-9-27-34(29,30)24(18-26)17-23-7-8-25(33-23)21-4-3-20-16-22(6-5-19(20)15-21)28-10-13-32-14-11-28/h3-8,15-17,27H,2,9-14H2,1H3/b24-17+. The maximum atomic E-state index is 12.4. The lowest BCUT2D eigenvalue weighted by Gasteiger charge is -2.29. The number of hydrogen-bond donors (Lipinski definition) is 1. The summed E-state index contributed by atoms with van der Waals surface area (Å²) in [5.74, 6) is 0. The molecule has 0 radical (unpaired) electrons. The fraction of sp³-hybridized carbons (Fsp3) is 0.320. The van der Waals surface area contributed by atoms with Crippen LogP contribution < -0.4 is 9.62 Å². The first-order chi connectivity index (χ1) is 16.5. The Morgan fingerprint density at radius 2 is 1.94 bits per heavy atom. The Bertz CT molecular complexity index is 1320. The molecule has 0 amide bonds. The Morgan fingerprint density at radius 1 is 1.18 bits per heavy atom. The maximum absolute atomic E-state index is 12.4. The van der Waals surface area contributed by atoms with Crippen molar-refractivity contribution in [3.8, 4) is 16.5 Å². The lowest BCUT2D eigenvalue weighted by molar-refractivity contribution is 0.122. The minimum absolute atomic E-state index is 0.120. The Hall–Kier alpha value is -2.74. The van der Waals surface area contributed by atoms with Gasteiger partial charge in [-0.1, -0.05) is 18.2 Å². The molecule has 2 aromatic carbocycles. The lowest BCUT2D eigenvalue weighted by Crippen LogP contribution is -2.36. The van der Waals surface area contributed by atoms with Crippen LogP contribution in [0.5, 0.6) is 0 Å². The number of ether oxygens (including phenoxy) is 2. The van der Waals surface area contributed by atoms with E-state index in [1.807, 2.05) is 19.1 Å². The summed E-state index contributed by atoms with van der Waals surface area (Å²) in [4.78, 5) is 3.72.